The van der Waals surface area contributed by atoms with E-state index in [0.29, 0.717) is 12.0 Å². The van der Waals surface area contributed by atoms with E-state index in [2.05, 4.69) is 34.9 Å². The van der Waals surface area contributed by atoms with Gasteiger partial charge in [0.05, 0.1) is 12.3 Å². The fraction of sp³-hybridized carbons (Fsp3) is 0.786. The number of aromatic nitrogens is 2. The van der Waals surface area contributed by atoms with Crippen LogP contribution in [-0.4, -0.2) is 29.8 Å². The molecule has 18 heavy (non-hydrogen) atoms. The number of nitrogens with zero attached hydrogens (tertiary/aromatic N) is 2. The minimum atomic E-state index is 0.504. The predicted octanol–water partition coefficient (Wildman–Crippen LogP) is 3.00. The lowest BCUT2D eigenvalue weighted by Gasteiger charge is -2.17. The summed E-state index contributed by atoms with van der Waals surface area (Å²) in [4.78, 5) is 4.60. The van der Waals surface area contributed by atoms with E-state index in [1.54, 1.807) is 7.11 Å². The molecule has 4 nitrogen and oxygen atoms in total. The van der Waals surface area contributed by atoms with Crippen molar-refractivity contribution in [2.75, 3.05) is 25.6 Å². The second kappa shape index (κ2) is 6.23. The van der Waals surface area contributed by atoms with Crippen LogP contribution in [0.1, 0.15) is 44.3 Å². The van der Waals surface area contributed by atoms with Crippen molar-refractivity contribution in [3.63, 3.8) is 0 Å². The maximum Gasteiger partial charge on any atom is 0.203 e. The molecule has 0 amide bonds. The van der Waals surface area contributed by atoms with Gasteiger partial charge in [-0.05, 0) is 25.7 Å². The molecule has 1 heterocycles. The molecule has 4 heteroatoms. The van der Waals surface area contributed by atoms with Crippen LogP contribution in [0.4, 0.5) is 5.95 Å². The highest BCUT2D eigenvalue weighted by Gasteiger charge is 2.20. The fourth-order valence-electron chi connectivity index (χ4n) is 2.72. The zero-order valence-electron chi connectivity index (χ0n) is 11.8. The van der Waals surface area contributed by atoms with E-state index in [1.165, 1.54) is 25.7 Å². The van der Waals surface area contributed by atoms with Crippen LogP contribution >= 0.6 is 0 Å². The Morgan fingerprint density at radius 1 is 1.50 bits per heavy atom. The molecule has 102 valence electrons. The average molecular weight is 251 g/mol. The lowest BCUT2D eigenvalue weighted by Crippen LogP contribution is -2.19. The van der Waals surface area contributed by atoms with Gasteiger partial charge in [0.25, 0.3) is 0 Å². The first-order chi connectivity index (χ1) is 8.70. The minimum absolute atomic E-state index is 0.504. The summed E-state index contributed by atoms with van der Waals surface area (Å²) in [5, 5.41) is 3.47. The van der Waals surface area contributed by atoms with Crippen molar-refractivity contribution in [3.05, 3.63) is 11.9 Å². The van der Waals surface area contributed by atoms with Gasteiger partial charge in [0, 0.05) is 25.9 Å². The molecule has 0 aliphatic heterocycles. The second-order valence-electron chi connectivity index (χ2n) is 5.49. The summed E-state index contributed by atoms with van der Waals surface area (Å²) in [6.07, 6.45) is 7.46. The number of imidazole rings is 1. The lowest BCUT2D eigenvalue weighted by molar-refractivity contribution is 0.164. The third kappa shape index (κ3) is 3.25. The van der Waals surface area contributed by atoms with Gasteiger partial charge >= 0.3 is 0 Å². The molecule has 1 atom stereocenters. The highest BCUT2D eigenvalue weighted by molar-refractivity contribution is 5.29. The number of ether oxygens (including phenoxy) is 1. The monoisotopic (exact) mass is 251 g/mol. The van der Waals surface area contributed by atoms with Gasteiger partial charge in [0.1, 0.15) is 0 Å². The molecule has 1 aromatic heterocycles. The van der Waals surface area contributed by atoms with Crippen LogP contribution in [0.5, 0.6) is 0 Å². The molecule has 1 unspecified atom stereocenters. The van der Waals surface area contributed by atoms with E-state index < -0.39 is 0 Å². The van der Waals surface area contributed by atoms with Gasteiger partial charge in [-0.25, -0.2) is 4.98 Å². The number of rotatable bonds is 6. The first kappa shape index (κ1) is 13.4. The molecular weight excluding hydrogens is 226 g/mol. The normalized spacial score (nSPS) is 18.2. The quantitative estimate of drug-likeness (QED) is 0.844. The first-order valence-corrected chi connectivity index (χ1v) is 6.99. The van der Waals surface area contributed by atoms with Crippen LogP contribution < -0.4 is 5.32 Å². The molecule has 1 fully saturated rings. The van der Waals surface area contributed by atoms with E-state index in [9.17, 15) is 0 Å². The van der Waals surface area contributed by atoms with Crippen LogP contribution in [-0.2, 0) is 4.74 Å². The zero-order chi connectivity index (χ0) is 13.0. The summed E-state index contributed by atoms with van der Waals surface area (Å²) in [5.74, 6) is 1.53. The third-order valence-electron chi connectivity index (χ3n) is 3.63. The lowest BCUT2D eigenvalue weighted by atomic mass is 10.2. The molecular formula is C14H25N3O. The van der Waals surface area contributed by atoms with Gasteiger partial charge in [0.2, 0.25) is 5.95 Å². The molecule has 1 aliphatic carbocycles. The molecule has 1 N–H and O–H groups in total. The molecule has 0 aromatic carbocycles. The fourth-order valence-corrected chi connectivity index (χ4v) is 2.72. The van der Waals surface area contributed by atoms with Crippen molar-refractivity contribution in [2.45, 2.75) is 45.6 Å². The van der Waals surface area contributed by atoms with Crippen LogP contribution in [0.2, 0.25) is 0 Å². The van der Waals surface area contributed by atoms with Crippen molar-refractivity contribution in [1.82, 2.24) is 9.55 Å². The molecule has 2 rings (SSSR count). The summed E-state index contributed by atoms with van der Waals surface area (Å²) in [5.41, 5.74) is 1.10. The standard InChI is InChI=1S/C14H25N3O/c1-11(10-18-3)8-15-14-16-12(2)9-17(14)13-6-4-5-7-13/h9,11,13H,4-8,10H2,1-3H3,(H,15,16). The highest BCUT2D eigenvalue weighted by Crippen LogP contribution is 2.32. The topological polar surface area (TPSA) is 39.1 Å². The third-order valence-corrected chi connectivity index (χ3v) is 3.63. The summed E-state index contributed by atoms with van der Waals surface area (Å²) in [6, 6.07) is 0.645. The van der Waals surface area contributed by atoms with Crippen LogP contribution in [0.15, 0.2) is 6.20 Å². The van der Waals surface area contributed by atoms with Crippen LogP contribution in [0.25, 0.3) is 0 Å². The number of hydrogen-bond donors (Lipinski definition) is 1. The SMILES string of the molecule is COCC(C)CNc1nc(C)cn1C1CCCC1. The number of anilines is 1. The summed E-state index contributed by atoms with van der Waals surface area (Å²) in [6.45, 7) is 5.95. The molecule has 0 saturated heterocycles. The van der Waals surface area contributed by atoms with Gasteiger partial charge in [0.15, 0.2) is 0 Å². The van der Waals surface area contributed by atoms with Crippen LogP contribution in [0, 0.1) is 12.8 Å². The zero-order valence-corrected chi connectivity index (χ0v) is 11.8. The molecule has 1 aliphatic rings. The van der Waals surface area contributed by atoms with Gasteiger partial charge < -0.3 is 14.6 Å². The van der Waals surface area contributed by atoms with Crippen LogP contribution in [0.3, 0.4) is 0 Å². The number of hydrogen-bond acceptors (Lipinski definition) is 3. The van der Waals surface area contributed by atoms with E-state index in [4.69, 9.17) is 4.74 Å². The van der Waals surface area contributed by atoms with Crippen molar-refractivity contribution in [3.8, 4) is 0 Å². The van der Waals surface area contributed by atoms with Crippen molar-refractivity contribution >= 4 is 5.95 Å². The summed E-state index contributed by atoms with van der Waals surface area (Å²) >= 11 is 0. The Morgan fingerprint density at radius 3 is 2.89 bits per heavy atom. The molecule has 0 radical (unpaired) electrons. The van der Waals surface area contributed by atoms with E-state index in [0.717, 1.165) is 24.8 Å². The van der Waals surface area contributed by atoms with Gasteiger partial charge in [-0.1, -0.05) is 19.8 Å². The first-order valence-electron chi connectivity index (χ1n) is 6.99. The van der Waals surface area contributed by atoms with E-state index in [1.807, 2.05) is 0 Å². The van der Waals surface area contributed by atoms with Crippen molar-refractivity contribution in [1.29, 1.82) is 0 Å². The summed E-state index contributed by atoms with van der Waals surface area (Å²) in [7, 11) is 1.75. The van der Waals surface area contributed by atoms with E-state index in [-0.39, 0.29) is 0 Å². The Morgan fingerprint density at radius 2 is 2.22 bits per heavy atom. The number of aryl methyl sites for hydroxylation is 1. The Hall–Kier alpha value is -1.03. The smallest absolute Gasteiger partial charge is 0.203 e. The Balaban J connectivity index is 1.98. The Labute approximate surface area is 110 Å². The maximum absolute atomic E-state index is 5.16. The average Bonchev–Trinajstić information content (AvgIpc) is 2.95. The van der Waals surface area contributed by atoms with Gasteiger partial charge in [-0.2, -0.15) is 0 Å². The Kier molecular flexibility index (Phi) is 4.64. The second-order valence-corrected chi connectivity index (χ2v) is 5.49. The van der Waals surface area contributed by atoms with Crippen molar-refractivity contribution in [2.24, 2.45) is 5.92 Å². The maximum atomic E-state index is 5.16. The summed E-state index contributed by atoms with van der Waals surface area (Å²) < 4.78 is 7.50. The largest absolute Gasteiger partial charge is 0.384 e. The highest BCUT2D eigenvalue weighted by atomic mass is 16.5. The molecule has 1 aromatic rings. The van der Waals surface area contributed by atoms with E-state index >= 15 is 0 Å². The number of methoxy groups -OCH3 is 1. The number of nitrogens with one attached hydrogen (secondary N) is 1. The Bertz CT molecular complexity index is 369. The van der Waals surface area contributed by atoms with Gasteiger partial charge in [-0.3, -0.25) is 0 Å². The van der Waals surface area contributed by atoms with Crippen molar-refractivity contribution < 1.29 is 4.74 Å². The predicted molar refractivity (Wildman–Crippen MR) is 74.0 cm³/mol. The van der Waals surface area contributed by atoms with Gasteiger partial charge in [-0.15, -0.1) is 0 Å². The molecule has 0 spiro atoms. The molecule has 1 saturated carbocycles. The molecule has 0 bridgehead atoms. The minimum Gasteiger partial charge on any atom is -0.384 e.